The average Bonchev–Trinajstić information content (AvgIpc) is 3.46. The molecule has 0 aliphatic heterocycles. The molecule has 2 aliphatic carbocycles. The molecule has 6 nitrogen and oxygen atoms in total. The van der Waals surface area contributed by atoms with Crippen LogP contribution in [0, 0.1) is 11.6 Å². The Hall–Kier alpha value is -3.55. The van der Waals surface area contributed by atoms with Crippen molar-refractivity contribution in [2.24, 2.45) is 0 Å². The topological polar surface area (TPSA) is 73.2 Å². The van der Waals surface area contributed by atoms with Crippen LogP contribution in [0.5, 0.6) is 0 Å². The minimum absolute atomic E-state index is 0.0493. The maximum Gasteiger partial charge on any atom is 0.338 e. The van der Waals surface area contributed by atoms with Gasteiger partial charge in [0.05, 0.1) is 30.3 Å². The number of esters is 1. The highest BCUT2D eigenvalue weighted by molar-refractivity contribution is 6.04. The van der Waals surface area contributed by atoms with Crippen molar-refractivity contribution in [2.45, 2.75) is 43.6 Å². The number of hydrogen-bond acceptors (Lipinski definition) is 4. The first-order valence-electron chi connectivity index (χ1n) is 11.0. The highest BCUT2D eigenvalue weighted by Gasteiger charge is 2.53. The maximum atomic E-state index is 14.3. The second kappa shape index (κ2) is 8.10. The Balaban J connectivity index is 1.43. The number of hydrogen-bond donors (Lipinski definition) is 1. The predicted molar refractivity (Wildman–Crippen MR) is 118 cm³/mol. The molecule has 2 fully saturated rings. The lowest BCUT2D eigenvalue weighted by atomic mass is 9.93. The van der Waals surface area contributed by atoms with Gasteiger partial charge in [0, 0.05) is 23.0 Å². The van der Waals surface area contributed by atoms with Crippen LogP contribution in [-0.2, 0) is 14.9 Å². The number of benzene rings is 2. The lowest BCUT2D eigenvalue weighted by molar-refractivity contribution is -0.118. The van der Waals surface area contributed by atoms with Crippen molar-refractivity contribution in [3.63, 3.8) is 0 Å². The highest BCUT2D eigenvalue weighted by atomic mass is 19.1. The first-order valence-corrected chi connectivity index (χ1v) is 11.0. The van der Waals surface area contributed by atoms with Crippen LogP contribution in [0.25, 0.3) is 11.1 Å². The van der Waals surface area contributed by atoms with Gasteiger partial charge in [-0.05, 0) is 68.0 Å². The monoisotopic (exact) mass is 451 g/mol. The van der Waals surface area contributed by atoms with E-state index in [0.717, 1.165) is 36.6 Å². The van der Waals surface area contributed by atoms with Crippen molar-refractivity contribution in [3.05, 3.63) is 71.6 Å². The largest absolute Gasteiger partial charge is 0.465 e. The van der Waals surface area contributed by atoms with E-state index in [1.807, 2.05) is 10.9 Å². The van der Waals surface area contributed by atoms with Crippen LogP contribution in [0.1, 0.15) is 54.1 Å². The molecule has 3 aromatic rings. The van der Waals surface area contributed by atoms with Crippen molar-refractivity contribution < 1.29 is 23.1 Å². The van der Waals surface area contributed by atoms with E-state index in [9.17, 15) is 18.4 Å². The van der Waals surface area contributed by atoms with E-state index in [1.165, 1.54) is 19.6 Å². The van der Waals surface area contributed by atoms with Gasteiger partial charge in [-0.3, -0.25) is 9.48 Å². The van der Waals surface area contributed by atoms with Gasteiger partial charge in [0.1, 0.15) is 11.6 Å². The second-order valence-corrected chi connectivity index (χ2v) is 8.71. The van der Waals surface area contributed by atoms with Crippen molar-refractivity contribution in [1.82, 2.24) is 9.78 Å². The molecule has 2 aliphatic rings. The number of carbonyl (C=O) groups is 2. The molecule has 0 atom stereocenters. The summed E-state index contributed by atoms with van der Waals surface area (Å²) in [5.41, 5.74) is 1.01. The quantitative estimate of drug-likeness (QED) is 0.535. The van der Waals surface area contributed by atoms with E-state index in [4.69, 9.17) is 4.74 Å². The fourth-order valence-electron chi connectivity index (χ4n) is 4.34. The molecule has 0 bridgehead atoms. The van der Waals surface area contributed by atoms with Gasteiger partial charge < -0.3 is 10.1 Å². The number of rotatable bonds is 6. The van der Waals surface area contributed by atoms with Gasteiger partial charge in [-0.2, -0.15) is 5.10 Å². The maximum absolute atomic E-state index is 14.3. The van der Waals surface area contributed by atoms with Crippen molar-refractivity contribution in [2.75, 3.05) is 12.4 Å². The molecule has 0 spiro atoms. The fraction of sp³-hybridized carbons (Fsp3) is 0.320. The normalized spacial score (nSPS) is 16.7. The Bertz CT molecular complexity index is 1250. The molecule has 0 radical (unpaired) electrons. The molecule has 33 heavy (non-hydrogen) atoms. The second-order valence-electron chi connectivity index (χ2n) is 8.71. The summed E-state index contributed by atoms with van der Waals surface area (Å²) in [5, 5.41) is 7.20. The number of nitrogens with zero attached hydrogens (tertiary/aromatic N) is 2. The zero-order valence-electron chi connectivity index (χ0n) is 18.1. The molecule has 1 heterocycles. The molecule has 1 amide bonds. The van der Waals surface area contributed by atoms with Gasteiger partial charge in [0.2, 0.25) is 5.91 Å². The summed E-state index contributed by atoms with van der Waals surface area (Å²) in [6.07, 6.45) is 7.82. The predicted octanol–water partition coefficient (Wildman–Crippen LogP) is 5.01. The molecular weight excluding hydrogens is 428 g/mol. The van der Waals surface area contributed by atoms with Gasteiger partial charge in [-0.1, -0.05) is 6.07 Å². The molecule has 0 saturated heterocycles. The number of anilines is 1. The number of halogens is 2. The van der Waals surface area contributed by atoms with Gasteiger partial charge >= 0.3 is 5.97 Å². The van der Waals surface area contributed by atoms with Crippen LogP contribution >= 0.6 is 0 Å². The van der Waals surface area contributed by atoms with Crippen LogP contribution in [0.15, 0.2) is 48.8 Å². The molecule has 0 unspecified atom stereocenters. The van der Waals surface area contributed by atoms with Crippen LogP contribution in [0.4, 0.5) is 14.5 Å². The number of amides is 1. The molecular formula is C25H23F2N3O3. The summed E-state index contributed by atoms with van der Waals surface area (Å²) in [6.45, 7) is 0. The third-order valence-electron chi connectivity index (χ3n) is 6.67. The number of aromatic nitrogens is 2. The third kappa shape index (κ3) is 3.79. The van der Waals surface area contributed by atoms with Crippen molar-refractivity contribution in [3.8, 4) is 11.1 Å². The van der Waals surface area contributed by atoms with Gasteiger partial charge in [-0.25, -0.2) is 13.6 Å². The summed E-state index contributed by atoms with van der Waals surface area (Å²) in [7, 11) is 1.29. The fourth-order valence-corrected chi connectivity index (χ4v) is 4.34. The molecule has 170 valence electrons. The lowest BCUT2D eigenvalue weighted by Gasteiger charge is -2.25. The van der Waals surface area contributed by atoms with Crippen molar-refractivity contribution >= 4 is 17.6 Å². The number of nitrogens with one attached hydrogen (secondary N) is 1. The van der Waals surface area contributed by atoms with E-state index in [1.54, 1.807) is 18.3 Å². The van der Waals surface area contributed by atoms with E-state index < -0.39 is 28.9 Å². The molecule has 8 heteroatoms. The summed E-state index contributed by atoms with van der Waals surface area (Å²) in [6, 6.07) is 8.47. The van der Waals surface area contributed by atoms with Crippen molar-refractivity contribution in [1.29, 1.82) is 0 Å². The van der Waals surface area contributed by atoms with Crippen LogP contribution in [0.3, 0.4) is 0 Å². The van der Waals surface area contributed by atoms with E-state index in [2.05, 4.69) is 10.4 Å². The van der Waals surface area contributed by atoms with E-state index >= 15 is 0 Å². The summed E-state index contributed by atoms with van der Waals surface area (Å²) >= 11 is 0. The Labute approximate surface area is 189 Å². The molecule has 1 N–H and O–H groups in total. The molecule has 2 saturated carbocycles. The third-order valence-corrected chi connectivity index (χ3v) is 6.67. The Morgan fingerprint density at radius 1 is 1.15 bits per heavy atom. The smallest absolute Gasteiger partial charge is 0.338 e. The Morgan fingerprint density at radius 2 is 1.94 bits per heavy atom. The minimum atomic E-state index is -1.11. The lowest BCUT2D eigenvalue weighted by Crippen LogP contribution is -2.29. The van der Waals surface area contributed by atoms with Crippen LogP contribution in [-0.4, -0.2) is 28.8 Å². The molecule has 5 rings (SSSR count). The highest BCUT2D eigenvalue weighted by Crippen LogP contribution is 2.50. The SMILES string of the molecule is COC(=O)c1cc(NC(=O)C2(c3cc(F)ccc3F)CC2)ccc1-c1cnn(C2CCC2)c1. The van der Waals surface area contributed by atoms with Gasteiger partial charge in [-0.15, -0.1) is 0 Å². The summed E-state index contributed by atoms with van der Waals surface area (Å²) in [4.78, 5) is 25.6. The van der Waals surface area contributed by atoms with E-state index in [-0.39, 0.29) is 11.1 Å². The number of carbonyl (C=O) groups excluding carboxylic acids is 2. The standard InChI is InChI=1S/C25H23F2N3O3/c1-33-23(31)20-12-17(6-7-19(20)15-13-28-30(14-15)18-3-2-4-18)29-24(32)25(9-10-25)21-11-16(26)5-8-22(21)27/h5-8,11-14,18H,2-4,9-10H2,1H3,(H,29,32). The summed E-state index contributed by atoms with van der Waals surface area (Å²) in [5.74, 6) is -2.19. The zero-order valence-corrected chi connectivity index (χ0v) is 18.1. The first kappa shape index (κ1) is 21.3. The Kier molecular flexibility index (Phi) is 5.23. The Morgan fingerprint density at radius 3 is 2.61 bits per heavy atom. The van der Waals surface area contributed by atoms with Crippen LogP contribution < -0.4 is 5.32 Å². The number of ether oxygens (including phenoxy) is 1. The molecule has 1 aromatic heterocycles. The van der Waals surface area contributed by atoms with Crippen LogP contribution in [0.2, 0.25) is 0 Å². The molecule has 2 aromatic carbocycles. The van der Waals surface area contributed by atoms with Gasteiger partial charge in [0.25, 0.3) is 0 Å². The minimum Gasteiger partial charge on any atom is -0.465 e. The van der Waals surface area contributed by atoms with E-state index in [0.29, 0.717) is 30.1 Å². The summed E-state index contributed by atoms with van der Waals surface area (Å²) < 4.78 is 34.9. The zero-order chi connectivity index (χ0) is 23.2. The average molecular weight is 451 g/mol. The number of methoxy groups -OCH3 is 1. The van der Waals surface area contributed by atoms with Gasteiger partial charge in [0.15, 0.2) is 0 Å². The first-order chi connectivity index (χ1) is 15.9.